The average Bonchev–Trinajstić information content (AvgIpc) is 3.11. The zero-order chi connectivity index (χ0) is 16.6. The molecule has 0 aliphatic heterocycles. The lowest BCUT2D eigenvalue weighted by Crippen LogP contribution is -2.26. The van der Waals surface area contributed by atoms with Crippen molar-refractivity contribution >= 4 is 5.91 Å². The van der Waals surface area contributed by atoms with Gasteiger partial charge in [0.15, 0.2) is 0 Å². The van der Waals surface area contributed by atoms with Gasteiger partial charge in [0.2, 0.25) is 17.6 Å². The van der Waals surface area contributed by atoms with Crippen LogP contribution in [0.1, 0.15) is 18.0 Å². The van der Waals surface area contributed by atoms with Gasteiger partial charge in [-0.05, 0) is 24.3 Å². The Bertz CT molecular complexity index is 774. The fraction of sp³-hybridized carbons (Fsp3) is 0.235. The third-order valence-corrected chi connectivity index (χ3v) is 3.40. The second kappa shape index (κ2) is 7.96. The smallest absolute Gasteiger partial charge is 0.227 e. The van der Waals surface area contributed by atoms with E-state index in [0.717, 1.165) is 11.3 Å². The van der Waals surface area contributed by atoms with Crippen LogP contribution in [0.3, 0.4) is 0 Å². The van der Waals surface area contributed by atoms with E-state index in [1.165, 1.54) is 0 Å². The average molecular weight is 323 g/mol. The number of carbonyl (C=O) groups is 1. The molecule has 0 aliphatic carbocycles. The number of nitrogens with one attached hydrogen (secondary N) is 1. The first-order valence-electron chi connectivity index (χ1n) is 7.71. The minimum Gasteiger partial charge on any atom is -0.356 e. The summed E-state index contributed by atoms with van der Waals surface area (Å²) in [5, 5.41) is 6.78. The van der Waals surface area contributed by atoms with Crippen LogP contribution in [0, 0.1) is 0 Å². The highest BCUT2D eigenvalue weighted by Crippen LogP contribution is 2.14. The Morgan fingerprint density at radius 1 is 1.08 bits per heavy atom. The molecule has 1 amide bonds. The zero-order valence-electron chi connectivity index (χ0n) is 13.1. The zero-order valence-corrected chi connectivity index (χ0v) is 13.1. The highest BCUT2D eigenvalue weighted by molar-refractivity contribution is 5.76. The van der Waals surface area contributed by atoms with Crippen molar-refractivity contribution in [3.8, 4) is 11.4 Å². The van der Waals surface area contributed by atoms with Crippen molar-refractivity contribution < 1.29 is 9.32 Å². The van der Waals surface area contributed by atoms with Crippen LogP contribution >= 0.6 is 0 Å². The maximum absolute atomic E-state index is 11.9. The molecular weight excluding hydrogens is 306 g/mol. The molecule has 0 aliphatic rings. The summed E-state index contributed by atoms with van der Waals surface area (Å²) in [4.78, 5) is 24.3. The van der Waals surface area contributed by atoms with Gasteiger partial charge in [-0.25, -0.2) is 0 Å². The fourth-order valence-electron chi connectivity index (χ4n) is 2.16. The first kappa shape index (κ1) is 15.8. The van der Waals surface area contributed by atoms with Crippen LogP contribution in [0.4, 0.5) is 0 Å². The van der Waals surface area contributed by atoms with Gasteiger partial charge < -0.3 is 9.84 Å². The summed E-state index contributed by atoms with van der Waals surface area (Å²) >= 11 is 0. The standard InChI is InChI=1S/C17H17N5O2/c23-15(20-12-8-14-3-1-2-9-19-14)4-5-16-21-17(22-24-16)13-6-10-18-11-7-13/h1-3,6-7,9-11H,4-5,8,12H2,(H,20,23). The second-order valence-corrected chi connectivity index (χ2v) is 5.17. The van der Waals surface area contributed by atoms with Crippen LogP contribution < -0.4 is 5.32 Å². The molecule has 0 unspecified atom stereocenters. The molecule has 3 aromatic rings. The second-order valence-electron chi connectivity index (χ2n) is 5.17. The maximum atomic E-state index is 11.9. The van der Waals surface area contributed by atoms with Gasteiger partial charge in [-0.2, -0.15) is 4.98 Å². The van der Waals surface area contributed by atoms with Crippen LogP contribution in [0.15, 0.2) is 53.4 Å². The minimum absolute atomic E-state index is 0.0467. The van der Waals surface area contributed by atoms with E-state index < -0.39 is 0 Å². The van der Waals surface area contributed by atoms with Crippen LogP contribution in [-0.4, -0.2) is 32.6 Å². The van der Waals surface area contributed by atoms with E-state index in [1.54, 1.807) is 30.7 Å². The Kier molecular flexibility index (Phi) is 5.24. The van der Waals surface area contributed by atoms with Gasteiger partial charge in [-0.15, -0.1) is 0 Å². The number of pyridine rings is 2. The Hall–Kier alpha value is -3.09. The summed E-state index contributed by atoms with van der Waals surface area (Å²) in [6.07, 6.45) is 6.50. The van der Waals surface area contributed by atoms with Crippen molar-refractivity contribution in [3.63, 3.8) is 0 Å². The minimum atomic E-state index is -0.0467. The van der Waals surface area contributed by atoms with Gasteiger partial charge in [0.05, 0.1) is 0 Å². The first-order chi connectivity index (χ1) is 11.8. The van der Waals surface area contributed by atoms with Crippen LogP contribution in [0.25, 0.3) is 11.4 Å². The number of hydrogen-bond acceptors (Lipinski definition) is 6. The predicted octanol–water partition coefficient (Wildman–Crippen LogP) is 1.82. The van der Waals surface area contributed by atoms with Gasteiger partial charge in [0.1, 0.15) is 0 Å². The van der Waals surface area contributed by atoms with Gasteiger partial charge in [-0.3, -0.25) is 14.8 Å². The quantitative estimate of drug-likeness (QED) is 0.713. The Balaban J connectivity index is 1.42. The Labute approximate surface area is 139 Å². The fourth-order valence-corrected chi connectivity index (χ4v) is 2.16. The molecule has 0 spiro atoms. The molecule has 7 heteroatoms. The van der Waals surface area contributed by atoms with Crippen molar-refractivity contribution in [2.75, 3.05) is 6.54 Å². The van der Waals surface area contributed by atoms with E-state index in [2.05, 4.69) is 25.4 Å². The monoisotopic (exact) mass is 323 g/mol. The van der Waals surface area contributed by atoms with E-state index in [4.69, 9.17) is 4.52 Å². The summed E-state index contributed by atoms with van der Waals surface area (Å²) < 4.78 is 5.17. The molecule has 0 saturated carbocycles. The van der Waals surface area contributed by atoms with E-state index >= 15 is 0 Å². The van der Waals surface area contributed by atoms with Crippen molar-refractivity contribution in [2.45, 2.75) is 19.3 Å². The Morgan fingerprint density at radius 3 is 2.75 bits per heavy atom. The lowest BCUT2D eigenvalue weighted by molar-refractivity contribution is -0.121. The predicted molar refractivity (Wildman–Crippen MR) is 86.8 cm³/mol. The molecular formula is C17H17N5O2. The van der Waals surface area contributed by atoms with E-state index in [1.807, 2.05) is 18.2 Å². The summed E-state index contributed by atoms with van der Waals surface area (Å²) in [6.45, 7) is 0.557. The number of amides is 1. The SMILES string of the molecule is O=C(CCc1nc(-c2ccncc2)no1)NCCc1ccccn1. The molecule has 0 radical (unpaired) electrons. The van der Waals surface area contributed by atoms with E-state index in [9.17, 15) is 4.79 Å². The number of rotatable bonds is 7. The molecule has 0 fully saturated rings. The molecule has 0 aromatic carbocycles. The number of nitrogens with zero attached hydrogens (tertiary/aromatic N) is 4. The van der Waals surface area contributed by atoms with Gasteiger partial charge in [0.25, 0.3) is 0 Å². The third-order valence-electron chi connectivity index (χ3n) is 3.40. The summed E-state index contributed by atoms with van der Waals surface area (Å²) in [7, 11) is 0. The van der Waals surface area contributed by atoms with Gasteiger partial charge in [0, 0.05) is 55.7 Å². The van der Waals surface area contributed by atoms with Gasteiger partial charge in [-0.1, -0.05) is 11.2 Å². The lowest BCUT2D eigenvalue weighted by atomic mass is 10.2. The van der Waals surface area contributed by atoms with Crippen LogP contribution in [-0.2, 0) is 17.6 Å². The lowest BCUT2D eigenvalue weighted by Gasteiger charge is -2.03. The molecule has 1 N–H and O–H groups in total. The summed E-state index contributed by atoms with van der Waals surface area (Å²) in [5.41, 5.74) is 1.79. The third kappa shape index (κ3) is 4.45. The highest BCUT2D eigenvalue weighted by Gasteiger charge is 2.10. The largest absolute Gasteiger partial charge is 0.356 e. The number of carbonyl (C=O) groups excluding carboxylic acids is 1. The van der Waals surface area contributed by atoms with Gasteiger partial charge >= 0.3 is 0 Å². The maximum Gasteiger partial charge on any atom is 0.227 e. The van der Waals surface area contributed by atoms with E-state index in [-0.39, 0.29) is 5.91 Å². The number of aromatic nitrogens is 4. The molecule has 24 heavy (non-hydrogen) atoms. The molecule has 0 atom stereocenters. The van der Waals surface area contributed by atoms with E-state index in [0.29, 0.717) is 37.5 Å². The van der Waals surface area contributed by atoms with Crippen molar-refractivity contribution in [3.05, 3.63) is 60.5 Å². The van der Waals surface area contributed by atoms with Crippen molar-refractivity contribution in [2.24, 2.45) is 0 Å². The van der Waals surface area contributed by atoms with Crippen molar-refractivity contribution in [1.82, 2.24) is 25.4 Å². The molecule has 0 saturated heterocycles. The highest BCUT2D eigenvalue weighted by atomic mass is 16.5. The first-order valence-corrected chi connectivity index (χ1v) is 7.71. The molecule has 3 aromatic heterocycles. The molecule has 3 rings (SSSR count). The molecule has 7 nitrogen and oxygen atoms in total. The molecule has 3 heterocycles. The summed E-state index contributed by atoms with van der Waals surface area (Å²) in [5.74, 6) is 0.902. The normalized spacial score (nSPS) is 10.5. The summed E-state index contributed by atoms with van der Waals surface area (Å²) in [6, 6.07) is 9.34. The molecule has 122 valence electrons. The Morgan fingerprint density at radius 2 is 1.96 bits per heavy atom. The number of hydrogen-bond donors (Lipinski definition) is 1. The number of aryl methyl sites for hydroxylation is 1. The van der Waals surface area contributed by atoms with Crippen LogP contribution in [0.2, 0.25) is 0 Å². The topological polar surface area (TPSA) is 93.8 Å². The van der Waals surface area contributed by atoms with Crippen LogP contribution in [0.5, 0.6) is 0 Å². The molecule has 0 bridgehead atoms. The van der Waals surface area contributed by atoms with Crippen molar-refractivity contribution in [1.29, 1.82) is 0 Å².